The monoisotopic (exact) mass is 367 g/mol. The Balaban J connectivity index is 1.91. The number of carbonyl (C=O) groups is 1. The van der Waals surface area contributed by atoms with Crippen LogP contribution in [0.15, 0.2) is 30.6 Å². The van der Waals surface area contributed by atoms with Crippen LogP contribution in [0.2, 0.25) is 0 Å². The van der Waals surface area contributed by atoms with E-state index in [1.165, 1.54) is 7.11 Å². The number of hydrogen-bond acceptors (Lipinski definition) is 6. The highest BCUT2D eigenvalue weighted by molar-refractivity contribution is 6.03. The maximum absolute atomic E-state index is 12.6. The van der Waals surface area contributed by atoms with Crippen LogP contribution in [0.25, 0.3) is 11.3 Å². The predicted octanol–water partition coefficient (Wildman–Crippen LogP) is 2.76. The number of carbonyl (C=O) groups excluding carboxylic acids is 1. The maximum atomic E-state index is 12.6. The third kappa shape index (κ3) is 3.74. The molecule has 0 atom stereocenters. The first-order valence-electron chi connectivity index (χ1n) is 8.30. The third-order valence-corrected chi connectivity index (χ3v) is 4.15. The zero-order valence-electron chi connectivity index (χ0n) is 15.9. The molecule has 8 heteroatoms. The number of methoxy groups -OCH3 is 2. The molecule has 1 amide bonds. The quantitative estimate of drug-likeness (QED) is 0.746. The van der Waals surface area contributed by atoms with E-state index >= 15 is 0 Å². The fourth-order valence-electron chi connectivity index (χ4n) is 2.74. The Labute approximate surface area is 157 Å². The molecule has 0 aliphatic carbocycles. The van der Waals surface area contributed by atoms with Gasteiger partial charge in [0.2, 0.25) is 5.88 Å². The summed E-state index contributed by atoms with van der Waals surface area (Å²) >= 11 is 0. The SMILES string of the molecule is COc1cc(OC)c(-c2cc(C(=O)Nc3cnc(C)cc3C)nn2C)cn1. The van der Waals surface area contributed by atoms with Crippen LogP contribution < -0.4 is 14.8 Å². The third-order valence-electron chi connectivity index (χ3n) is 4.15. The standard InChI is InChI=1S/C19H21N5O3/c1-11-6-12(2)20-10-15(11)22-19(25)14-7-16(24(3)23-14)13-9-21-18(27-5)8-17(13)26-4/h6-10H,1-5H3,(H,22,25). The van der Waals surface area contributed by atoms with Crippen LogP contribution in [0.1, 0.15) is 21.7 Å². The highest BCUT2D eigenvalue weighted by Gasteiger charge is 2.18. The molecule has 8 nitrogen and oxygen atoms in total. The Morgan fingerprint density at radius 1 is 1.07 bits per heavy atom. The van der Waals surface area contributed by atoms with E-state index in [4.69, 9.17) is 9.47 Å². The Morgan fingerprint density at radius 3 is 2.52 bits per heavy atom. The summed E-state index contributed by atoms with van der Waals surface area (Å²) in [5, 5.41) is 7.17. The van der Waals surface area contributed by atoms with Gasteiger partial charge in [0.1, 0.15) is 5.75 Å². The smallest absolute Gasteiger partial charge is 0.276 e. The van der Waals surface area contributed by atoms with Gasteiger partial charge in [-0.3, -0.25) is 14.5 Å². The molecule has 0 saturated carbocycles. The molecule has 0 spiro atoms. The van der Waals surface area contributed by atoms with E-state index in [1.54, 1.807) is 43.4 Å². The Hall–Kier alpha value is -3.42. The number of ether oxygens (including phenoxy) is 2. The summed E-state index contributed by atoms with van der Waals surface area (Å²) in [7, 11) is 4.86. The van der Waals surface area contributed by atoms with E-state index in [2.05, 4.69) is 20.4 Å². The van der Waals surface area contributed by atoms with Crippen molar-refractivity contribution in [3.05, 3.63) is 47.5 Å². The summed E-state index contributed by atoms with van der Waals surface area (Å²) in [4.78, 5) is 21.1. The van der Waals surface area contributed by atoms with E-state index in [9.17, 15) is 4.79 Å². The topological polar surface area (TPSA) is 91.2 Å². The van der Waals surface area contributed by atoms with Crippen molar-refractivity contribution in [3.63, 3.8) is 0 Å². The number of aromatic nitrogens is 4. The van der Waals surface area contributed by atoms with E-state index in [0.29, 0.717) is 28.6 Å². The second-order valence-electron chi connectivity index (χ2n) is 6.06. The molecular weight excluding hydrogens is 346 g/mol. The van der Waals surface area contributed by atoms with Gasteiger partial charge in [0.25, 0.3) is 5.91 Å². The Morgan fingerprint density at radius 2 is 1.85 bits per heavy atom. The lowest BCUT2D eigenvalue weighted by molar-refractivity contribution is 0.102. The molecule has 3 aromatic heterocycles. The molecule has 0 bridgehead atoms. The van der Waals surface area contributed by atoms with E-state index in [-0.39, 0.29) is 11.6 Å². The number of nitrogens with zero attached hydrogens (tertiary/aromatic N) is 4. The molecule has 0 aliphatic rings. The van der Waals surface area contributed by atoms with Crippen molar-refractivity contribution in [1.29, 1.82) is 0 Å². The van der Waals surface area contributed by atoms with Crippen molar-refractivity contribution in [2.45, 2.75) is 13.8 Å². The van der Waals surface area contributed by atoms with Crippen molar-refractivity contribution in [2.24, 2.45) is 7.05 Å². The van der Waals surface area contributed by atoms with Crippen LogP contribution in [0.5, 0.6) is 11.6 Å². The van der Waals surface area contributed by atoms with Gasteiger partial charge in [-0.15, -0.1) is 0 Å². The molecule has 0 aliphatic heterocycles. The molecular formula is C19H21N5O3. The lowest BCUT2D eigenvalue weighted by Gasteiger charge is -2.09. The predicted molar refractivity (Wildman–Crippen MR) is 101 cm³/mol. The molecule has 140 valence electrons. The van der Waals surface area contributed by atoms with Crippen LogP contribution in [0, 0.1) is 13.8 Å². The number of anilines is 1. The average Bonchev–Trinajstić information content (AvgIpc) is 3.05. The molecule has 27 heavy (non-hydrogen) atoms. The summed E-state index contributed by atoms with van der Waals surface area (Å²) in [5.74, 6) is 0.708. The highest BCUT2D eigenvalue weighted by Crippen LogP contribution is 2.32. The van der Waals surface area contributed by atoms with Gasteiger partial charge in [-0.1, -0.05) is 0 Å². The van der Waals surface area contributed by atoms with Gasteiger partial charge in [-0.25, -0.2) is 4.98 Å². The zero-order valence-corrected chi connectivity index (χ0v) is 15.9. The number of rotatable bonds is 5. The number of amides is 1. The average molecular weight is 367 g/mol. The zero-order chi connectivity index (χ0) is 19.6. The molecule has 0 radical (unpaired) electrons. The molecule has 0 unspecified atom stereocenters. The second kappa shape index (κ2) is 7.45. The summed E-state index contributed by atoms with van der Waals surface area (Å²) in [6.07, 6.45) is 3.27. The van der Waals surface area contributed by atoms with Gasteiger partial charge >= 0.3 is 0 Å². The summed E-state index contributed by atoms with van der Waals surface area (Å²) in [6.45, 7) is 3.82. The Bertz CT molecular complexity index is 997. The molecule has 0 fully saturated rings. The lowest BCUT2D eigenvalue weighted by Crippen LogP contribution is -2.14. The minimum atomic E-state index is -0.314. The minimum absolute atomic E-state index is 0.283. The first kappa shape index (κ1) is 18.4. The fraction of sp³-hybridized carbons (Fsp3) is 0.263. The van der Waals surface area contributed by atoms with Gasteiger partial charge in [0, 0.05) is 25.0 Å². The van der Waals surface area contributed by atoms with Crippen molar-refractivity contribution in [3.8, 4) is 22.9 Å². The number of nitrogens with one attached hydrogen (secondary N) is 1. The maximum Gasteiger partial charge on any atom is 0.276 e. The molecule has 3 aromatic rings. The molecule has 0 aromatic carbocycles. The van der Waals surface area contributed by atoms with Gasteiger partial charge in [0.05, 0.1) is 37.4 Å². The lowest BCUT2D eigenvalue weighted by atomic mass is 10.1. The molecule has 3 rings (SSSR count). The highest BCUT2D eigenvalue weighted by atomic mass is 16.5. The van der Waals surface area contributed by atoms with Crippen LogP contribution in [0.4, 0.5) is 5.69 Å². The number of pyridine rings is 2. The van der Waals surface area contributed by atoms with Gasteiger partial charge in [0.15, 0.2) is 5.69 Å². The van der Waals surface area contributed by atoms with Crippen molar-refractivity contribution in [1.82, 2.24) is 19.7 Å². The molecule has 3 heterocycles. The van der Waals surface area contributed by atoms with Gasteiger partial charge in [-0.2, -0.15) is 5.10 Å². The van der Waals surface area contributed by atoms with Crippen LogP contribution in [0.3, 0.4) is 0 Å². The summed E-state index contributed by atoms with van der Waals surface area (Å²) < 4.78 is 12.2. The second-order valence-corrected chi connectivity index (χ2v) is 6.06. The minimum Gasteiger partial charge on any atom is -0.496 e. The van der Waals surface area contributed by atoms with E-state index in [0.717, 1.165) is 11.3 Å². The van der Waals surface area contributed by atoms with Crippen molar-refractivity contribution < 1.29 is 14.3 Å². The van der Waals surface area contributed by atoms with E-state index < -0.39 is 0 Å². The number of hydrogen-bond donors (Lipinski definition) is 1. The van der Waals surface area contributed by atoms with Crippen molar-refractivity contribution in [2.75, 3.05) is 19.5 Å². The summed E-state index contributed by atoms with van der Waals surface area (Å²) in [6, 6.07) is 5.29. The largest absolute Gasteiger partial charge is 0.496 e. The van der Waals surface area contributed by atoms with Crippen LogP contribution >= 0.6 is 0 Å². The van der Waals surface area contributed by atoms with Crippen LogP contribution in [-0.2, 0) is 7.05 Å². The van der Waals surface area contributed by atoms with Gasteiger partial charge in [-0.05, 0) is 31.5 Å². The van der Waals surface area contributed by atoms with E-state index in [1.807, 2.05) is 19.9 Å². The number of aryl methyl sites for hydroxylation is 3. The van der Waals surface area contributed by atoms with Crippen LogP contribution in [-0.4, -0.2) is 39.9 Å². The molecule has 1 N–H and O–H groups in total. The summed E-state index contributed by atoms with van der Waals surface area (Å²) in [5.41, 5.74) is 4.18. The molecule has 0 saturated heterocycles. The van der Waals surface area contributed by atoms with Crippen molar-refractivity contribution >= 4 is 11.6 Å². The first-order valence-corrected chi connectivity index (χ1v) is 8.30. The normalized spacial score (nSPS) is 10.6. The fourth-order valence-corrected chi connectivity index (χ4v) is 2.74. The first-order chi connectivity index (χ1) is 12.9. The Kier molecular flexibility index (Phi) is 5.07. The van der Waals surface area contributed by atoms with Gasteiger partial charge < -0.3 is 14.8 Å².